The van der Waals surface area contributed by atoms with Crippen LogP contribution >= 0.6 is 11.8 Å². The molecule has 5 heteroatoms. The fourth-order valence-electron chi connectivity index (χ4n) is 2.99. The summed E-state index contributed by atoms with van der Waals surface area (Å²) in [5.74, 6) is 0.756. The number of fused-ring (bicyclic) bond motifs is 2. The third-order valence-electron chi connectivity index (χ3n) is 4.15. The molecule has 4 nitrogen and oxygen atoms in total. The van der Waals surface area contributed by atoms with E-state index in [1.165, 1.54) is 24.0 Å². The molecule has 126 valence electrons. The lowest BCUT2D eigenvalue weighted by molar-refractivity contribution is 0.340. The molecule has 3 aromatic carbocycles. The van der Waals surface area contributed by atoms with E-state index in [0.717, 1.165) is 17.1 Å². The molecular weight excluding hydrogens is 334 g/mol. The van der Waals surface area contributed by atoms with E-state index in [0.29, 0.717) is 11.5 Å². The van der Waals surface area contributed by atoms with Gasteiger partial charge in [0.1, 0.15) is 0 Å². The lowest BCUT2D eigenvalue weighted by Gasteiger charge is -2.33. The predicted molar refractivity (Wildman–Crippen MR) is 100 cm³/mol. The monoisotopic (exact) mass is 351 g/mol. The summed E-state index contributed by atoms with van der Waals surface area (Å²) in [6.07, 6.45) is 0. The van der Waals surface area contributed by atoms with Crippen LogP contribution in [0.1, 0.15) is 0 Å². The number of para-hydroxylation sites is 2. The molecule has 1 N–H and O–H groups in total. The molecule has 0 saturated carbocycles. The first-order valence-electron chi connectivity index (χ1n) is 7.84. The van der Waals surface area contributed by atoms with Crippen LogP contribution in [-0.4, -0.2) is 19.3 Å². The Bertz CT molecular complexity index is 871. The molecule has 0 aliphatic carbocycles. The Kier molecular flexibility index (Phi) is 3.93. The van der Waals surface area contributed by atoms with Gasteiger partial charge in [-0.15, -0.1) is 0 Å². The van der Waals surface area contributed by atoms with E-state index >= 15 is 0 Å². The highest BCUT2D eigenvalue weighted by atomic mass is 32.2. The summed E-state index contributed by atoms with van der Waals surface area (Å²) in [5.41, 5.74) is 3.04. The second kappa shape index (κ2) is 6.26. The molecule has 0 amide bonds. The first kappa shape index (κ1) is 15.7. The first-order valence-corrected chi connectivity index (χ1v) is 8.65. The zero-order chi connectivity index (χ0) is 17.4. The van der Waals surface area contributed by atoms with Crippen molar-refractivity contribution in [2.75, 3.05) is 19.1 Å². The molecule has 0 fully saturated rings. The predicted octanol–water partition coefficient (Wildman–Crippen LogP) is 5.34. The standard InChI is InChI=1S/C20H17NO3S/c1-23-16-11-13(12-17(24-2)20(16)22)21-14-7-3-5-9-18(14)25-19-10-6-4-8-15(19)21/h3-12,22H,1-2H3. The number of anilines is 3. The van der Waals surface area contributed by atoms with Crippen LogP contribution in [0.5, 0.6) is 17.2 Å². The van der Waals surface area contributed by atoms with Crippen molar-refractivity contribution >= 4 is 28.8 Å². The van der Waals surface area contributed by atoms with Crippen LogP contribution in [0, 0.1) is 0 Å². The molecule has 0 atom stereocenters. The molecule has 0 aromatic heterocycles. The van der Waals surface area contributed by atoms with E-state index in [1.807, 2.05) is 36.4 Å². The molecule has 0 bridgehead atoms. The summed E-state index contributed by atoms with van der Waals surface area (Å²) in [7, 11) is 3.07. The van der Waals surface area contributed by atoms with Crippen molar-refractivity contribution in [2.24, 2.45) is 0 Å². The van der Waals surface area contributed by atoms with Crippen LogP contribution in [0.4, 0.5) is 17.1 Å². The average molecular weight is 351 g/mol. The van der Waals surface area contributed by atoms with Crippen LogP contribution < -0.4 is 14.4 Å². The Labute approximate surface area is 150 Å². The van der Waals surface area contributed by atoms with Gasteiger partial charge in [0.15, 0.2) is 11.5 Å². The Balaban J connectivity index is 1.97. The van der Waals surface area contributed by atoms with Gasteiger partial charge >= 0.3 is 0 Å². The molecule has 1 aliphatic heterocycles. The Morgan fingerprint density at radius 2 is 1.28 bits per heavy atom. The van der Waals surface area contributed by atoms with Gasteiger partial charge in [-0.25, -0.2) is 0 Å². The summed E-state index contributed by atoms with van der Waals surface area (Å²) < 4.78 is 10.7. The van der Waals surface area contributed by atoms with Crippen LogP contribution in [0.3, 0.4) is 0 Å². The fourth-order valence-corrected chi connectivity index (χ4v) is 4.05. The van der Waals surface area contributed by atoms with Crippen molar-refractivity contribution in [3.63, 3.8) is 0 Å². The smallest absolute Gasteiger partial charge is 0.200 e. The Morgan fingerprint density at radius 3 is 1.76 bits per heavy atom. The van der Waals surface area contributed by atoms with Crippen LogP contribution in [0.25, 0.3) is 0 Å². The summed E-state index contributed by atoms with van der Waals surface area (Å²) in [6.45, 7) is 0. The molecule has 25 heavy (non-hydrogen) atoms. The molecule has 3 aromatic rings. The molecule has 0 spiro atoms. The number of aromatic hydroxyl groups is 1. The average Bonchev–Trinajstić information content (AvgIpc) is 2.66. The number of benzene rings is 3. The zero-order valence-electron chi connectivity index (χ0n) is 13.9. The minimum atomic E-state index is 0.00158. The molecular formula is C20H17NO3S. The molecule has 0 saturated heterocycles. The highest BCUT2D eigenvalue weighted by molar-refractivity contribution is 7.99. The number of methoxy groups -OCH3 is 2. The first-order chi connectivity index (χ1) is 12.2. The van der Waals surface area contributed by atoms with Gasteiger partial charge in [-0.2, -0.15) is 0 Å². The van der Waals surface area contributed by atoms with Gasteiger partial charge < -0.3 is 19.5 Å². The SMILES string of the molecule is COc1cc(N2c3ccccc3Sc3ccccc32)cc(OC)c1O. The molecule has 0 radical (unpaired) electrons. The maximum absolute atomic E-state index is 10.2. The number of phenols is 1. The third kappa shape index (κ3) is 2.57. The van der Waals surface area contributed by atoms with Gasteiger partial charge in [-0.05, 0) is 24.3 Å². The largest absolute Gasteiger partial charge is 0.502 e. The van der Waals surface area contributed by atoms with Crippen molar-refractivity contribution < 1.29 is 14.6 Å². The summed E-state index contributed by atoms with van der Waals surface area (Å²) in [5, 5.41) is 10.2. The minimum absolute atomic E-state index is 0.00158. The maximum atomic E-state index is 10.2. The molecule has 1 heterocycles. The van der Waals surface area contributed by atoms with E-state index in [9.17, 15) is 5.11 Å². The second-order valence-corrected chi connectivity index (χ2v) is 6.66. The zero-order valence-corrected chi connectivity index (χ0v) is 14.7. The number of rotatable bonds is 3. The van der Waals surface area contributed by atoms with E-state index in [4.69, 9.17) is 9.47 Å². The van der Waals surface area contributed by atoms with Gasteiger partial charge in [-0.3, -0.25) is 0 Å². The summed E-state index contributed by atoms with van der Waals surface area (Å²) in [6, 6.07) is 20.2. The van der Waals surface area contributed by atoms with Gasteiger partial charge in [0, 0.05) is 21.9 Å². The van der Waals surface area contributed by atoms with E-state index in [1.54, 1.807) is 11.8 Å². The van der Waals surface area contributed by atoms with Crippen molar-refractivity contribution in [2.45, 2.75) is 9.79 Å². The Morgan fingerprint density at radius 1 is 0.800 bits per heavy atom. The molecule has 1 aliphatic rings. The minimum Gasteiger partial charge on any atom is -0.502 e. The fraction of sp³-hybridized carbons (Fsp3) is 0.100. The number of hydrogen-bond donors (Lipinski definition) is 1. The summed E-state index contributed by atoms with van der Waals surface area (Å²) >= 11 is 1.75. The molecule has 0 unspecified atom stereocenters. The Hall–Kier alpha value is -2.79. The second-order valence-electron chi connectivity index (χ2n) is 5.57. The highest BCUT2D eigenvalue weighted by Crippen LogP contribution is 2.53. The maximum Gasteiger partial charge on any atom is 0.200 e. The van der Waals surface area contributed by atoms with Gasteiger partial charge in [0.2, 0.25) is 5.75 Å². The van der Waals surface area contributed by atoms with Crippen LogP contribution in [-0.2, 0) is 0 Å². The lowest BCUT2D eigenvalue weighted by Crippen LogP contribution is -2.14. The van der Waals surface area contributed by atoms with Crippen molar-refractivity contribution in [1.82, 2.24) is 0 Å². The van der Waals surface area contributed by atoms with Crippen LogP contribution in [0.2, 0.25) is 0 Å². The normalized spacial score (nSPS) is 12.3. The summed E-state index contributed by atoms with van der Waals surface area (Å²) in [4.78, 5) is 4.51. The number of nitrogens with zero attached hydrogens (tertiary/aromatic N) is 1. The van der Waals surface area contributed by atoms with Crippen molar-refractivity contribution in [1.29, 1.82) is 0 Å². The van der Waals surface area contributed by atoms with E-state index in [-0.39, 0.29) is 5.75 Å². The topological polar surface area (TPSA) is 41.9 Å². The number of ether oxygens (including phenoxy) is 2. The van der Waals surface area contributed by atoms with E-state index in [2.05, 4.69) is 29.2 Å². The lowest BCUT2D eigenvalue weighted by atomic mass is 10.1. The van der Waals surface area contributed by atoms with Crippen molar-refractivity contribution in [3.05, 3.63) is 60.7 Å². The van der Waals surface area contributed by atoms with Gasteiger partial charge in [-0.1, -0.05) is 36.0 Å². The van der Waals surface area contributed by atoms with Crippen molar-refractivity contribution in [3.8, 4) is 17.2 Å². The number of hydrogen-bond acceptors (Lipinski definition) is 5. The number of phenolic OH excluding ortho intramolecular Hbond substituents is 1. The van der Waals surface area contributed by atoms with Crippen LogP contribution in [0.15, 0.2) is 70.5 Å². The third-order valence-corrected chi connectivity index (χ3v) is 5.29. The highest BCUT2D eigenvalue weighted by Gasteiger charge is 2.26. The molecule has 4 rings (SSSR count). The van der Waals surface area contributed by atoms with E-state index < -0.39 is 0 Å². The quantitative estimate of drug-likeness (QED) is 0.539. The van der Waals surface area contributed by atoms with Gasteiger partial charge in [0.05, 0.1) is 31.3 Å². The van der Waals surface area contributed by atoms with Gasteiger partial charge in [0.25, 0.3) is 0 Å².